The first-order valence-electron chi connectivity index (χ1n) is 19.7. The molecule has 7 nitrogen and oxygen atoms in total. The molecule has 2 aromatic carbocycles. The summed E-state index contributed by atoms with van der Waals surface area (Å²) in [7, 11) is 1.80. The lowest BCUT2D eigenvalue weighted by Gasteiger charge is -2.42. The number of pyridine rings is 2. The van der Waals surface area contributed by atoms with E-state index in [-0.39, 0.29) is 0 Å². The summed E-state index contributed by atoms with van der Waals surface area (Å²) < 4.78 is 5.67. The Kier molecular flexibility index (Phi) is 10.5. The number of piperazine rings is 2. The van der Waals surface area contributed by atoms with Crippen molar-refractivity contribution in [2.75, 3.05) is 69.3 Å². The highest BCUT2D eigenvalue weighted by Gasteiger charge is 2.31. The van der Waals surface area contributed by atoms with Gasteiger partial charge in [-0.2, -0.15) is 0 Å². The molecule has 4 fully saturated rings. The minimum absolute atomic E-state index is 0.623. The van der Waals surface area contributed by atoms with Crippen molar-refractivity contribution in [2.45, 2.75) is 82.2 Å². The Morgan fingerprint density at radius 2 is 1.12 bits per heavy atom. The van der Waals surface area contributed by atoms with E-state index >= 15 is 0 Å². The van der Waals surface area contributed by atoms with Crippen molar-refractivity contribution < 1.29 is 4.74 Å². The standard InChI is InChI=1S/C44H56N6O/c1-33-31-36(14-20-40(33)34-10-16-38(17-11-34)47-23-27-49(28-24-47)43-9-5-6-22-45-43)37-15-21-44(46-32-37)50-29-25-48(26-30-50)39-18-12-35(13-19-39)41-7-3-4-8-42(41)51-2/h3-9,14-15,20-22,31-32,34-35,38-39H,10-13,16-19,23-30H2,1-2H3. The van der Waals surface area contributed by atoms with Gasteiger partial charge in [0, 0.05) is 82.4 Å². The Labute approximate surface area is 305 Å². The number of rotatable bonds is 8. The van der Waals surface area contributed by atoms with Crippen LogP contribution < -0.4 is 14.5 Å². The number of methoxy groups -OCH3 is 1. The molecule has 2 aromatic heterocycles. The zero-order chi connectivity index (χ0) is 34.6. The number of hydrogen-bond acceptors (Lipinski definition) is 7. The van der Waals surface area contributed by atoms with Crippen LogP contribution in [0.15, 0.2) is 85.2 Å². The van der Waals surface area contributed by atoms with Gasteiger partial charge in [-0.25, -0.2) is 9.97 Å². The van der Waals surface area contributed by atoms with Crippen molar-refractivity contribution in [3.8, 4) is 16.9 Å². The maximum absolute atomic E-state index is 5.67. The smallest absolute Gasteiger partial charge is 0.128 e. The predicted octanol–water partition coefficient (Wildman–Crippen LogP) is 8.16. The lowest BCUT2D eigenvalue weighted by Crippen LogP contribution is -2.51. The number of aryl methyl sites for hydroxylation is 1. The molecule has 7 heteroatoms. The predicted molar refractivity (Wildman–Crippen MR) is 209 cm³/mol. The summed E-state index contributed by atoms with van der Waals surface area (Å²) in [5, 5.41) is 0. The maximum Gasteiger partial charge on any atom is 0.128 e. The van der Waals surface area contributed by atoms with Crippen molar-refractivity contribution in [2.24, 2.45) is 0 Å². The van der Waals surface area contributed by atoms with E-state index in [1.165, 1.54) is 73.6 Å². The van der Waals surface area contributed by atoms with Crippen LogP contribution in [0.1, 0.15) is 79.9 Å². The molecule has 4 heterocycles. The summed E-state index contributed by atoms with van der Waals surface area (Å²) in [6, 6.07) is 27.9. The molecule has 4 aromatic rings. The highest BCUT2D eigenvalue weighted by Crippen LogP contribution is 2.40. The molecule has 0 unspecified atom stereocenters. The number of anilines is 2. The molecule has 0 amide bonds. The Morgan fingerprint density at radius 1 is 0.549 bits per heavy atom. The summed E-state index contributed by atoms with van der Waals surface area (Å²) in [5.41, 5.74) is 6.87. The van der Waals surface area contributed by atoms with E-state index < -0.39 is 0 Å². The van der Waals surface area contributed by atoms with E-state index in [0.717, 1.165) is 75.8 Å². The van der Waals surface area contributed by atoms with Gasteiger partial charge in [0.25, 0.3) is 0 Å². The zero-order valence-corrected chi connectivity index (χ0v) is 30.8. The molecule has 0 N–H and O–H groups in total. The van der Waals surface area contributed by atoms with Crippen molar-refractivity contribution in [1.82, 2.24) is 19.8 Å². The molecule has 2 aliphatic carbocycles. The number of hydrogen-bond donors (Lipinski definition) is 0. The molecule has 0 spiro atoms. The lowest BCUT2D eigenvalue weighted by molar-refractivity contribution is 0.141. The summed E-state index contributed by atoms with van der Waals surface area (Å²) in [6.45, 7) is 11.1. The molecular formula is C44H56N6O. The fourth-order valence-electron chi connectivity index (χ4n) is 9.74. The molecule has 2 saturated carbocycles. The van der Waals surface area contributed by atoms with Crippen molar-refractivity contribution >= 4 is 11.6 Å². The van der Waals surface area contributed by atoms with E-state index in [0.29, 0.717) is 17.9 Å². The Morgan fingerprint density at radius 3 is 1.67 bits per heavy atom. The second-order valence-electron chi connectivity index (χ2n) is 15.5. The first-order valence-corrected chi connectivity index (χ1v) is 19.7. The molecule has 2 aliphatic heterocycles. The van der Waals surface area contributed by atoms with Crippen LogP contribution in [0.3, 0.4) is 0 Å². The normalized spacial score (nSPS) is 25.1. The zero-order valence-electron chi connectivity index (χ0n) is 30.8. The van der Waals surface area contributed by atoms with E-state index in [1.54, 1.807) is 12.7 Å². The summed E-state index contributed by atoms with van der Waals surface area (Å²) in [5.74, 6) is 4.58. The van der Waals surface area contributed by atoms with Crippen molar-refractivity contribution in [1.29, 1.82) is 0 Å². The molecular weight excluding hydrogens is 629 g/mol. The average Bonchev–Trinajstić information content (AvgIpc) is 3.21. The summed E-state index contributed by atoms with van der Waals surface area (Å²) in [4.78, 5) is 19.9. The van der Waals surface area contributed by atoms with Crippen LogP contribution in [0, 0.1) is 6.92 Å². The number of nitrogens with zero attached hydrogens (tertiary/aromatic N) is 6. The molecule has 51 heavy (non-hydrogen) atoms. The van der Waals surface area contributed by atoms with Crippen molar-refractivity contribution in [3.05, 3.63) is 102 Å². The van der Waals surface area contributed by atoms with Crippen LogP contribution in [0.4, 0.5) is 11.6 Å². The Hall–Kier alpha value is -3.94. The third kappa shape index (κ3) is 7.66. The van der Waals surface area contributed by atoms with Gasteiger partial charge in [0.1, 0.15) is 17.4 Å². The monoisotopic (exact) mass is 684 g/mol. The molecule has 0 bridgehead atoms. The van der Waals surface area contributed by atoms with Gasteiger partial charge >= 0.3 is 0 Å². The summed E-state index contributed by atoms with van der Waals surface area (Å²) in [6.07, 6.45) is 14.3. The second kappa shape index (κ2) is 15.7. The molecule has 0 radical (unpaired) electrons. The van der Waals surface area contributed by atoms with Crippen LogP contribution in [0.5, 0.6) is 5.75 Å². The van der Waals surface area contributed by atoms with Gasteiger partial charge in [0.15, 0.2) is 0 Å². The topological polar surface area (TPSA) is 48.0 Å². The van der Waals surface area contributed by atoms with Crippen LogP contribution in [-0.4, -0.2) is 91.3 Å². The molecule has 0 atom stereocenters. The largest absolute Gasteiger partial charge is 0.496 e. The van der Waals surface area contributed by atoms with E-state index in [9.17, 15) is 0 Å². The van der Waals surface area contributed by atoms with Gasteiger partial charge in [-0.05, 0) is 123 Å². The summed E-state index contributed by atoms with van der Waals surface area (Å²) >= 11 is 0. The van der Waals surface area contributed by atoms with E-state index in [1.807, 2.05) is 12.3 Å². The van der Waals surface area contributed by atoms with Crippen LogP contribution in [0.2, 0.25) is 0 Å². The maximum atomic E-state index is 5.67. The third-order valence-electron chi connectivity index (χ3n) is 12.7. The Bertz CT molecular complexity index is 1700. The lowest BCUT2D eigenvalue weighted by atomic mass is 9.79. The fourth-order valence-corrected chi connectivity index (χ4v) is 9.74. The molecule has 8 rings (SSSR count). The quantitative estimate of drug-likeness (QED) is 0.186. The average molecular weight is 685 g/mol. The van der Waals surface area contributed by atoms with Gasteiger partial charge in [0.2, 0.25) is 0 Å². The van der Waals surface area contributed by atoms with Gasteiger partial charge in [0.05, 0.1) is 7.11 Å². The minimum Gasteiger partial charge on any atom is -0.496 e. The van der Waals surface area contributed by atoms with Gasteiger partial charge < -0.3 is 14.5 Å². The third-order valence-corrected chi connectivity index (χ3v) is 12.7. The SMILES string of the molecule is COc1ccccc1C1CCC(N2CCN(c3ccc(-c4ccc(C5CCC(N6CCN(c7ccccn7)CC6)CC5)c(C)c4)cn3)CC2)CC1. The van der Waals surface area contributed by atoms with Crippen LogP contribution in [-0.2, 0) is 0 Å². The molecule has 2 saturated heterocycles. The molecule has 268 valence electrons. The number of benzene rings is 2. The second-order valence-corrected chi connectivity index (χ2v) is 15.5. The van der Waals surface area contributed by atoms with E-state index in [2.05, 4.69) is 104 Å². The number of para-hydroxylation sites is 1. The minimum atomic E-state index is 0.623. The Balaban J connectivity index is 0.798. The number of ether oxygens (including phenoxy) is 1. The highest BCUT2D eigenvalue weighted by molar-refractivity contribution is 5.65. The first kappa shape index (κ1) is 34.2. The number of aromatic nitrogens is 2. The van der Waals surface area contributed by atoms with Crippen LogP contribution >= 0.6 is 0 Å². The van der Waals surface area contributed by atoms with E-state index in [4.69, 9.17) is 9.72 Å². The fraction of sp³-hybridized carbons (Fsp3) is 0.500. The first-order chi connectivity index (χ1) is 25.1. The van der Waals surface area contributed by atoms with Gasteiger partial charge in [-0.15, -0.1) is 0 Å². The van der Waals surface area contributed by atoms with Gasteiger partial charge in [-0.1, -0.05) is 42.5 Å². The van der Waals surface area contributed by atoms with Crippen LogP contribution in [0.25, 0.3) is 11.1 Å². The van der Waals surface area contributed by atoms with Gasteiger partial charge in [-0.3, -0.25) is 9.80 Å². The van der Waals surface area contributed by atoms with Crippen molar-refractivity contribution in [3.63, 3.8) is 0 Å². The molecule has 4 aliphatic rings. The highest BCUT2D eigenvalue weighted by atomic mass is 16.5.